The lowest BCUT2D eigenvalue weighted by Crippen LogP contribution is -2.67. The third kappa shape index (κ3) is 1.33. The SMILES string of the molecule is C[C@@H]1C(=O)O[C@H]2[C@@H](O)C34[C@@H]5C[C@@H](C(C)(C)C)C36C(OC(=O)[C@@H]6O)OC4(C(=O)O5)[C@@]12O. The summed E-state index contributed by atoms with van der Waals surface area (Å²) in [6.45, 7) is 7.14. The fourth-order valence-electron chi connectivity index (χ4n) is 8.12. The summed E-state index contributed by atoms with van der Waals surface area (Å²) in [4.78, 5) is 38.2. The number of hydrogen-bond donors (Lipinski definition) is 3. The van der Waals surface area contributed by atoms with Gasteiger partial charge >= 0.3 is 17.9 Å². The summed E-state index contributed by atoms with van der Waals surface area (Å²) in [6, 6.07) is 0. The van der Waals surface area contributed by atoms with Gasteiger partial charge in [-0.15, -0.1) is 0 Å². The highest BCUT2D eigenvalue weighted by atomic mass is 16.8. The van der Waals surface area contributed by atoms with E-state index >= 15 is 0 Å². The van der Waals surface area contributed by atoms with E-state index in [1.165, 1.54) is 6.92 Å². The average molecular weight is 424 g/mol. The zero-order valence-electron chi connectivity index (χ0n) is 16.9. The first-order valence-electron chi connectivity index (χ1n) is 10.2. The van der Waals surface area contributed by atoms with Gasteiger partial charge in [0.2, 0.25) is 11.9 Å². The number of ether oxygens (including phenoxy) is 4. The Morgan fingerprint density at radius 3 is 2.33 bits per heavy atom. The van der Waals surface area contributed by atoms with Crippen LogP contribution >= 0.6 is 0 Å². The normalized spacial score (nSPS) is 60.1. The molecule has 164 valence electrons. The minimum absolute atomic E-state index is 0.229. The Morgan fingerprint density at radius 1 is 1.03 bits per heavy atom. The van der Waals surface area contributed by atoms with Gasteiger partial charge < -0.3 is 34.3 Å². The molecule has 0 radical (unpaired) electrons. The van der Waals surface area contributed by atoms with E-state index in [2.05, 4.69) is 0 Å². The summed E-state index contributed by atoms with van der Waals surface area (Å²) in [5.74, 6) is -4.32. The van der Waals surface area contributed by atoms with Crippen molar-refractivity contribution in [1.29, 1.82) is 0 Å². The average Bonchev–Trinajstić information content (AvgIpc) is 3.35. The lowest BCUT2D eigenvalue weighted by molar-refractivity contribution is -0.239. The molecule has 6 rings (SSSR count). The van der Waals surface area contributed by atoms with Gasteiger partial charge in [0.05, 0.1) is 16.7 Å². The standard InChI is InChI=1S/C20H24O10/c1-6-12(23)28-11-9(21)18-8-5-7(16(2,3)4)17(18)10(22)13(24)29-15(17)30-20(18,14(25)27-8)19(6,11)26/h6-11,15,21-22,26H,5H2,1-4H3/t6-,7+,8+,9-,10+,11+,15?,17?,18?,19-,20?/m1/s1. The van der Waals surface area contributed by atoms with Crippen molar-refractivity contribution >= 4 is 17.9 Å². The molecule has 0 amide bonds. The van der Waals surface area contributed by atoms with Crippen LogP contribution in [0.1, 0.15) is 34.1 Å². The summed E-state index contributed by atoms with van der Waals surface area (Å²) in [7, 11) is 0. The van der Waals surface area contributed by atoms with Crippen molar-refractivity contribution in [2.75, 3.05) is 0 Å². The summed E-state index contributed by atoms with van der Waals surface area (Å²) in [6.07, 6.45) is -6.91. The Balaban J connectivity index is 1.72. The fraction of sp³-hybridized carbons (Fsp3) is 0.850. The third-order valence-corrected chi connectivity index (χ3v) is 9.00. The first-order chi connectivity index (χ1) is 13.8. The van der Waals surface area contributed by atoms with E-state index in [1.807, 2.05) is 20.8 Å². The predicted octanol–water partition coefficient (Wildman–Crippen LogP) is -1.37. The molecule has 0 bridgehead atoms. The summed E-state index contributed by atoms with van der Waals surface area (Å²) in [5.41, 5.74) is -8.26. The van der Waals surface area contributed by atoms with E-state index in [-0.39, 0.29) is 6.42 Å². The maximum absolute atomic E-state index is 13.4. The monoisotopic (exact) mass is 424 g/mol. The number of carbonyl (C=O) groups is 3. The molecule has 2 saturated carbocycles. The third-order valence-electron chi connectivity index (χ3n) is 9.00. The molecule has 11 atom stereocenters. The molecule has 6 fully saturated rings. The van der Waals surface area contributed by atoms with Gasteiger partial charge in [0, 0.05) is 0 Å². The van der Waals surface area contributed by atoms with Crippen LogP contribution in [0, 0.1) is 28.1 Å². The highest BCUT2D eigenvalue weighted by molar-refractivity contribution is 5.94. The molecule has 4 unspecified atom stereocenters. The molecule has 3 N–H and O–H groups in total. The van der Waals surface area contributed by atoms with E-state index < -0.39 is 87.9 Å². The van der Waals surface area contributed by atoms with Crippen molar-refractivity contribution < 1.29 is 48.7 Å². The Kier molecular flexibility index (Phi) is 2.97. The molecule has 2 aliphatic carbocycles. The molecule has 4 saturated heterocycles. The van der Waals surface area contributed by atoms with E-state index in [4.69, 9.17) is 18.9 Å². The van der Waals surface area contributed by atoms with E-state index in [1.54, 1.807) is 0 Å². The lowest BCUT2D eigenvalue weighted by Gasteiger charge is -2.47. The molecule has 10 nitrogen and oxygen atoms in total. The van der Waals surface area contributed by atoms with E-state index in [0.717, 1.165) is 0 Å². The topological polar surface area (TPSA) is 149 Å². The molecule has 0 aromatic carbocycles. The second-order valence-electron chi connectivity index (χ2n) is 10.7. The van der Waals surface area contributed by atoms with Crippen LogP contribution in [-0.2, 0) is 33.3 Å². The predicted molar refractivity (Wildman–Crippen MR) is 92.0 cm³/mol. The molecular weight excluding hydrogens is 400 g/mol. The molecule has 30 heavy (non-hydrogen) atoms. The number of rotatable bonds is 0. The molecule has 2 spiro atoms. The van der Waals surface area contributed by atoms with Gasteiger partial charge in [-0.05, 0) is 24.7 Å². The molecule has 4 aliphatic heterocycles. The molecule has 0 aromatic heterocycles. The van der Waals surface area contributed by atoms with Crippen molar-refractivity contribution in [3.63, 3.8) is 0 Å². The first kappa shape index (κ1) is 19.0. The Morgan fingerprint density at radius 2 is 1.70 bits per heavy atom. The highest BCUT2D eigenvalue weighted by Gasteiger charge is 3.03. The van der Waals surface area contributed by atoms with Crippen LogP contribution < -0.4 is 0 Å². The maximum atomic E-state index is 13.4. The van der Waals surface area contributed by atoms with Crippen LogP contribution in [0.4, 0.5) is 0 Å². The van der Waals surface area contributed by atoms with Crippen molar-refractivity contribution in [3.05, 3.63) is 0 Å². The number of fused-ring (bicyclic) bond motifs is 1. The lowest BCUT2D eigenvalue weighted by atomic mass is 9.51. The first-order valence-corrected chi connectivity index (χ1v) is 10.2. The smallest absolute Gasteiger partial charge is 0.343 e. The van der Waals surface area contributed by atoms with E-state index in [9.17, 15) is 29.7 Å². The zero-order valence-corrected chi connectivity index (χ0v) is 16.9. The Bertz CT molecular complexity index is 925. The molecule has 0 aromatic rings. The quantitative estimate of drug-likeness (QED) is 0.314. The van der Waals surface area contributed by atoms with Gasteiger partial charge in [0.1, 0.15) is 12.2 Å². The van der Waals surface area contributed by atoms with Gasteiger partial charge in [-0.25, -0.2) is 9.59 Å². The highest BCUT2D eigenvalue weighted by Crippen LogP contribution is 2.84. The van der Waals surface area contributed by atoms with Crippen molar-refractivity contribution in [2.24, 2.45) is 28.1 Å². The van der Waals surface area contributed by atoms with Crippen molar-refractivity contribution in [1.82, 2.24) is 0 Å². The van der Waals surface area contributed by atoms with Crippen LogP contribution in [0.25, 0.3) is 0 Å². The number of aliphatic hydroxyl groups is 3. The number of esters is 3. The molecule has 4 heterocycles. The molecule has 10 heteroatoms. The van der Waals surface area contributed by atoms with Crippen LogP contribution in [0.15, 0.2) is 0 Å². The molecule has 6 aliphatic rings. The Hall–Kier alpha value is -1.75. The second-order valence-corrected chi connectivity index (χ2v) is 10.7. The van der Waals surface area contributed by atoms with Gasteiger partial charge in [-0.2, -0.15) is 0 Å². The minimum Gasteiger partial charge on any atom is -0.459 e. The summed E-state index contributed by atoms with van der Waals surface area (Å²) in [5, 5.41) is 34.7. The fourth-order valence-corrected chi connectivity index (χ4v) is 8.12. The van der Waals surface area contributed by atoms with Gasteiger partial charge in [-0.3, -0.25) is 4.79 Å². The van der Waals surface area contributed by atoms with Gasteiger partial charge in [0.15, 0.2) is 17.8 Å². The van der Waals surface area contributed by atoms with Crippen LogP contribution in [0.5, 0.6) is 0 Å². The van der Waals surface area contributed by atoms with Crippen molar-refractivity contribution in [3.8, 4) is 0 Å². The Labute approximate surface area is 171 Å². The van der Waals surface area contributed by atoms with Gasteiger partial charge in [0.25, 0.3) is 0 Å². The largest absolute Gasteiger partial charge is 0.459 e. The van der Waals surface area contributed by atoms with Crippen LogP contribution in [0.2, 0.25) is 0 Å². The number of carbonyl (C=O) groups excluding carboxylic acids is 3. The van der Waals surface area contributed by atoms with Crippen LogP contribution in [0.3, 0.4) is 0 Å². The second kappa shape index (κ2) is 4.69. The number of aliphatic hydroxyl groups excluding tert-OH is 2. The van der Waals surface area contributed by atoms with Crippen molar-refractivity contribution in [2.45, 2.75) is 76.0 Å². The van der Waals surface area contributed by atoms with E-state index in [0.29, 0.717) is 0 Å². The zero-order chi connectivity index (χ0) is 21.8. The van der Waals surface area contributed by atoms with Gasteiger partial charge in [-0.1, -0.05) is 20.8 Å². The van der Waals surface area contributed by atoms with Crippen LogP contribution in [-0.4, -0.2) is 75.1 Å². The maximum Gasteiger partial charge on any atom is 0.343 e. The number of hydrogen-bond acceptors (Lipinski definition) is 10. The summed E-state index contributed by atoms with van der Waals surface area (Å²) >= 11 is 0. The molecular formula is C20H24O10. The summed E-state index contributed by atoms with van der Waals surface area (Å²) < 4.78 is 22.5. The minimum atomic E-state index is -2.24.